The van der Waals surface area contributed by atoms with Gasteiger partial charge in [0.15, 0.2) is 11.0 Å². The number of rotatable bonds is 7. The van der Waals surface area contributed by atoms with Crippen LogP contribution in [0.25, 0.3) is 17.5 Å². The van der Waals surface area contributed by atoms with Gasteiger partial charge in [-0.3, -0.25) is 14.7 Å². The average Bonchev–Trinajstić information content (AvgIpc) is 3.29. The molecular weight excluding hydrogens is 368 g/mol. The number of hydrogen-bond acceptors (Lipinski definition) is 7. The van der Waals surface area contributed by atoms with E-state index in [1.54, 1.807) is 24.7 Å². The summed E-state index contributed by atoms with van der Waals surface area (Å²) in [6.45, 7) is 4.11. The van der Waals surface area contributed by atoms with Gasteiger partial charge in [0.1, 0.15) is 16.4 Å². The maximum absolute atomic E-state index is 10.7. The lowest BCUT2D eigenvalue weighted by Gasteiger charge is -2.13. The zero-order valence-corrected chi connectivity index (χ0v) is 15.8. The zero-order chi connectivity index (χ0) is 19.4. The van der Waals surface area contributed by atoms with Crippen LogP contribution in [0.1, 0.15) is 25.6 Å². The lowest BCUT2D eigenvalue weighted by atomic mass is 10.2. The molecule has 0 saturated heterocycles. The van der Waals surface area contributed by atoms with Crippen LogP contribution in [0.4, 0.5) is 5.88 Å². The molecule has 3 aromatic rings. The first-order valence-electron chi connectivity index (χ1n) is 8.16. The van der Waals surface area contributed by atoms with Gasteiger partial charge in [0.2, 0.25) is 0 Å². The van der Waals surface area contributed by atoms with Crippen LogP contribution in [0.3, 0.4) is 0 Å². The third-order valence-electron chi connectivity index (χ3n) is 3.73. The van der Waals surface area contributed by atoms with Gasteiger partial charge in [-0.1, -0.05) is 11.8 Å². The van der Waals surface area contributed by atoms with E-state index in [1.807, 2.05) is 28.8 Å². The van der Waals surface area contributed by atoms with E-state index in [0.717, 1.165) is 17.1 Å². The molecule has 0 amide bonds. The van der Waals surface area contributed by atoms with Crippen LogP contribution in [0.15, 0.2) is 51.4 Å². The first-order chi connectivity index (χ1) is 13.0. The molecule has 0 bridgehead atoms. The summed E-state index contributed by atoms with van der Waals surface area (Å²) in [6, 6.07) is 10.7. The number of nitro groups is 1. The molecule has 2 heterocycles. The van der Waals surface area contributed by atoms with Crippen molar-refractivity contribution in [2.24, 2.45) is 0 Å². The molecule has 3 rings (SSSR count). The van der Waals surface area contributed by atoms with Crippen LogP contribution >= 0.6 is 11.8 Å². The van der Waals surface area contributed by atoms with Gasteiger partial charge < -0.3 is 9.15 Å². The van der Waals surface area contributed by atoms with E-state index < -0.39 is 4.92 Å². The van der Waals surface area contributed by atoms with E-state index in [-0.39, 0.29) is 11.9 Å². The van der Waals surface area contributed by atoms with E-state index >= 15 is 0 Å². The van der Waals surface area contributed by atoms with Crippen LogP contribution in [-0.2, 0) is 0 Å². The minimum atomic E-state index is -0.568. The van der Waals surface area contributed by atoms with Crippen LogP contribution < -0.4 is 4.74 Å². The van der Waals surface area contributed by atoms with Gasteiger partial charge in [-0.25, -0.2) is 0 Å². The molecule has 140 valence electrons. The minimum absolute atomic E-state index is 0.151. The van der Waals surface area contributed by atoms with E-state index in [1.165, 1.54) is 17.8 Å². The van der Waals surface area contributed by atoms with Gasteiger partial charge in [0, 0.05) is 11.6 Å². The number of aromatic nitrogens is 3. The molecule has 0 radical (unpaired) electrons. The largest absolute Gasteiger partial charge is 0.497 e. The molecule has 0 atom stereocenters. The van der Waals surface area contributed by atoms with Crippen molar-refractivity contribution in [1.82, 2.24) is 14.8 Å². The fourth-order valence-electron chi connectivity index (χ4n) is 2.45. The SMILES string of the molecule is COc1ccc(-c2nnc(S/C=C/c3ccc([N+](=O)[O-])o3)n2C(C)C)cc1. The van der Waals surface area contributed by atoms with E-state index in [2.05, 4.69) is 24.0 Å². The highest BCUT2D eigenvalue weighted by molar-refractivity contribution is 8.02. The average molecular weight is 386 g/mol. The third kappa shape index (κ3) is 4.20. The lowest BCUT2D eigenvalue weighted by Crippen LogP contribution is -2.04. The smallest absolute Gasteiger partial charge is 0.433 e. The van der Waals surface area contributed by atoms with Crippen molar-refractivity contribution in [3.05, 3.63) is 57.7 Å². The molecule has 0 saturated carbocycles. The molecule has 27 heavy (non-hydrogen) atoms. The molecule has 0 N–H and O–H groups in total. The van der Waals surface area contributed by atoms with Gasteiger partial charge in [-0.2, -0.15) is 0 Å². The highest BCUT2D eigenvalue weighted by Crippen LogP contribution is 2.29. The first kappa shape index (κ1) is 18.7. The second kappa shape index (κ2) is 8.09. The normalized spacial score (nSPS) is 11.4. The van der Waals surface area contributed by atoms with Crippen molar-refractivity contribution in [3.8, 4) is 17.1 Å². The highest BCUT2D eigenvalue weighted by Gasteiger charge is 2.16. The number of furan rings is 1. The van der Waals surface area contributed by atoms with Gasteiger partial charge >= 0.3 is 5.88 Å². The summed E-state index contributed by atoms with van der Waals surface area (Å²) in [5.74, 6) is 1.66. The second-order valence-corrected chi connectivity index (χ2v) is 6.73. The number of benzene rings is 1. The number of nitrogens with zero attached hydrogens (tertiary/aromatic N) is 4. The predicted octanol–water partition coefficient (Wildman–Crippen LogP) is 4.80. The van der Waals surface area contributed by atoms with Crippen LogP contribution in [0.2, 0.25) is 0 Å². The Morgan fingerprint density at radius 3 is 2.56 bits per heavy atom. The topological polar surface area (TPSA) is 96.2 Å². The molecule has 0 aliphatic carbocycles. The monoisotopic (exact) mass is 386 g/mol. The van der Waals surface area contributed by atoms with E-state index in [9.17, 15) is 10.1 Å². The van der Waals surface area contributed by atoms with Crippen molar-refractivity contribution >= 4 is 23.7 Å². The molecule has 8 nitrogen and oxygen atoms in total. The van der Waals surface area contributed by atoms with Crippen LogP contribution in [-0.4, -0.2) is 26.8 Å². The second-order valence-electron chi connectivity index (χ2n) is 5.85. The molecule has 0 unspecified atom stereocenters. The predicted molar refractivity (Wildman–Crippen MR) is 103 cm³/mol. The minimum Gasteiger partial charge on any atom is -0.497 e. The molecule has 0 fully saturated rings. The number of ether oxygens (including phenoxy) is 1. The number of thioether (sulfide) groups is 1. The lowest BCUT2D eigenvalue weighted by molar-refractivity contribution is -0.402. The standard InChI is InChI=1S/C18H18N4O4S/c1-12(2)21-17(13-4-6-14(25-3)7-5-13)19-20-18(21)27-11-10-15-8-9-16(26-15)22(23)24/h4-12H,1-3H3/b11-10+. The Morgan fingerprint density at radius 1 is 1.22 bits per heavy atom. The van der Waals surface area contributed by atoms with Crippen molar-refractivity contribution in [2.45, 2.75) is 25.0 Å². The van der Waals surface area contributed by atoms with E-state index in [0.29, 0.717) is 10.9 Å². The van der Waals surface area contributed by atoms with Gasteiger partial charge in [-0.05, 0) is 55.7 Å². The molecule has 2 aromatic heterocycles. The fourth-order valence-corrected chi connectivity index (χ4v) is 3.27. The van der Waals surface area contributed by atoms with Crippen LogP contribution in [0, 0.1) is 10.1 Å². The first-order valence-corrected chi connectivity index (χ1v) is 9.04. The summed E-state index contributed by atoms with van der Waals surface area (Å²) >= 11 is 1.37. The molecule has 0 aliphatic rings. The summed E-state index contributed by atoms with van der Waals surface area (Å²) < 4.78 is 12.3. The molecule has 0 spiro atoms. The van der Waals surface area contributed by atoms with Crippen LogP contribution in [0.5, 0.6) is 5.75 Å². The fraction of sp³-hybridized carbons (Fsp3) is 0.222. The summed E-state index contributed by atoms with van der Waals surface area (Å²) in [5, 5.41) is 21.7. The molecule has 1 aromatic carbocycles. The summed E-state index contributed by atoms with van der Waals surface area (Å²) in [7, 11) is 1.63. The Bertz CT molecular complexity index is 960. The van der Waals surface area contributed by atoms with Crippen molar-refractivity contribution < 1.29 is 14.1 Å². The quantitative estimate of drug-likeness (QED) is 0.327. The van der Waals surface area contributed by atoms with Gasteiger partial charge in [0.05, 0.1) is 13.2 Å². The number of hydrogen-bond donors (Lipinski definition) is 0. The Hall–Kier alpha value is -3.07. The van der Waals surface area contributed by atoms with Gasteiger partial charge in [-0.15, -0.1) is 10.2 Å². The van der Waals surface area contributed by atoms with Crippen molar-refractivity contribution in [1.29, 1.82) is 0 Å². The van der Waals surface area contributed by atoms with E-state index in [4.69, 9.17) is 9.15 Å². The van der Waals surface area contributed by atoms with Crippen molar-refractivity contribution in [2.75, 3.05) is 7.11 Å². The summed E-state index contributed by atoms with van der Waals surface area (Å²) in [6.07, 6.45) is 1.66. The maximum Gasteiger partial charge on any atom is 0.433 e. The Balaban J connectivity index is 1.81. The Labute approximate surface area is 160 Å². The van der Waals surface area contributed by atoms with Crippen molar-refractivity contribution in [3.63, 3.8) is 0 Å². The summed E-state index contributed by atoms with van der Waals surface area (Å²) in [4.78, 5) is 10.1. The summed E-state index contributed by atoms with van der Waals surface area (Å²) in [5.41, 5.74) is 0.939. The number of methoxy groups -OCH3 is 1. The molecule has 0 aliphatic heterocycles. The zero-order valence-electron chi connectivity index (χ0n) is 15.0. The Morgan fingerprint density at radius 2 is 1.96 bits per heavy atom. The third-order valence-corrected chi connectivity index (χ3v) is 4.49. The van der Waals surface area contributed by atoms with Gasteiger partial charge in [0.25, 0.3) is 0 Å². The highest BCUT2D eigenvalue weighted by atomic mass is 32.2. The maximum atomic E-state index is 10.7. The Kier molecular flexibility index (Phi) is 5.60. The molecule has 9 heteroatoms. The molecular formula is C18H18N4O4S.